The minimum Gasteiger partial charge on any atom is -0.388 e. The second-order valence-electron chi connectivity index (χ2n) is 6.69. The smallest absolute Gasteiger partial charge is 0.0818 e. The van der Waals surface area contributed by atoms with E-state index in [2.05, 4.69) is 37.1 Å². The van der Waals surface area contributed by atoms with Crippen LogP contribution in [0.4, 0.5) is 5.69 Å². The van der Waals surface area contributed by atoms with Gasteiger partial charge < -0.3 is 10.0 Å². The number of hydrogen-bond donors (Lipinski definition) is 1. The summed E-state index contributed by atoms with van der Waals surface area (Å²) in [4.78, 5) is 2.30. The van der Waals surface area contributed by atoms with E-state index in [0.717, 1.165) is 24.4 Å². The van der Waals surface area contributed by atoms with Crippen molar-refractivity contribution in [1.29, 1.82) is 0 Å². The molecule has 0 amide bonds. The topological polar surface area (TPSA) is 23.5 Å². The van der Waals surface area contributed by atoms with E-state index in [0.29, 0.717) is 5.92 Å². The normalized spacial score (nSPS) is 27.4. The Bertz CT molecular complexity index is 462. The zero-order chi connectivity index (χ0) is 14.1. The SMILES string of the molecule is CCC1CCC(C(O)c2ccc3c(c2)CCN3C)CC1. The summed E-state index contributed by atoms with van der Waals surface area (Å²) < 4.78 is 0. The van der Waals surface area contributed by atoms with Crippen LogP contribution in [0.15, 0.2) is 18.2 Å². The van der Waals surface area contributed by atoms with Crippen LogP contribution in [-0.4, -0.2) is 18.7 Å². The van der Waals surface area contributed by atoms with E-state index in [1.54, 1.807) is 0 Å². The van der Waals surface area contributed by atoms with Crippen molar-refractivity contribution in [3.8, 4) is 0 Å². The molecule has 0 saturated heterocycles. The van der Waals surface area contributed by atoms with E-state index >= 15 is 0 Å². The number of nitrogens with zero attached hydrogens (tertiary/aromatic N) is 1. The number of anilines is 1. The van der Waals surface area contributed by atoms with Crippen molar-refractivity contribution in [1.82, 2.24) is 0 Å². The van der Waals surface area contributed by atoms with Gasteiger partial charge in [0.2, 0.25) is 0 Å². The Hall–Kier alpha value is -1.02. The molecule has 2 heteroatoms. The summed E-state index contributed by atoms with van der Waals surface area (Å²) in [6.45, 7) is 3.40. The number of hydrogen-bond acceptors (Lipinski definition) is 2. The van der Waals surface area contributed by atoms with E-state index in [4.69, 9.17) is 0 Å². The first kappa shape index (κ1) is 13.9. The average Bonchev–Trinajstić information content (AvgIpc) is 2.87. The fourth-order valence-corrected chi connectivity index (χ4v) is 3.96. The van der Waals surface area contributed by atoms with Gasteiger partial charge in [-0.3, -0.25) is 0 Å². The van der Waals surface area contributed by atoms with Crippen molar-refractivity contribution < 1.29 is 5.11 Å². The Morgan fingerprint density at radius 2 is 2.00 bits per heavy atom. The van der Waals surface area contributed by atoms with Crippen molar-refractivity contribution in [3.63, 3.8) is 0 Å². The molecule has 0 bridgehead atoms. The van der Waals surface area contributed by atoms with Gasteiger partial charge in [-0.05, 0) is 48.3 Å². The Balaban J connectivity index is 1.70. The van der Waals surface area contributed by atoms with Crippen LogP contribution in [0.5, 0.6) is 0 Å². The van der Waals surface area contributed by atoms with Gasteiger partial charge in [-0.1, -0.05) is 38.3 Å². The summed E-state index contributed by atoms with van der Waals surface area (Å²) in [5.74, 6) is 1.36. The summed E-state index contributed by atoms with van der Waals surface area (Å²) in [6, 6.07) is 6.57. The van der Waals surface area contributed by atoms with Gasteiger partial charge in [-0.25, -0.2) is 0 Å². The monoisotopic (exact) mass is 273 g/mol. The molecule has 1 aromatic rings. The number of rotatable bonds is 3. The van der Waals surface area contributed by atoms with Crippen molar-refractivity contribution in [2.75, 3.05) is 18.5 Å². The van der Waals surface area contributed by atoms with Gasteiger partial charge in [-0.2, -0.15) is 0 Å². The lowest BCUT2D eigenvalue weighted by molar-refractivity contribution is 0.0729. The van der Waals surface area contributed by atoms with Gasteiger partial charge in [-0.15, -0.1) is 0 Å². The largest absolute Gasteiger partial charge is 0.388 e. The summed E-state index contributed by atoms with van der Waals surface area (Å²) in [7, 11) is 2.15. The second kappa shape index (κ2) is 5.77. The van der Waals surface area contributed by atoms with Gasteiger partial charge >= 0.3 is 0 Å². The van der Waals surface area contributed by atoms with Crippen LogP contribution in [0.2, 0.25) is 0 Å². The average molecular weight is 273 g/mol. The van der Waals surface area contributed by atoms with Crippen LogP contribution in [0, 0.1) is 11.8 Å². The third-order valence-electron chi connectivity index (χ3n) is 5.49. The van der Waals surface area contributed by atoms with Crippen LogP contribution in [0.25, 0.3) is 0 Å². The maximum absolute atomic E-state index is 10.7. The summed E-state index contributed by atoms with van der Waals surface area (Å²) in [5, 5.41) is 10.7. The third kappa shape index (κ3) is 2.58. The van der Waals surface area contributed by atoms with Crippen molar-refractivity contribution in [2.24, 2.45) is 11.8 Å². The molecule has 110 valence electrons. The second-order valence-corrected chi connectivity index (χ2v) is 6.69. The molecular formula is C18H27NO. The van der Waals surface area contributed by atoms with E-state index < -0.39 is 0 Å². The van der Waals surface area contributed by atoms with E-state index in [9.17, 15) is 5.11 Å². The first-order valence-electron chi connectivity index (χ1n) is 8.21. The number of fused-ring (bicyclic) bond motifs is 1. The fraction of sp³-hybridized carbons (Fsp3) is 0.667. The van der Waals surface area contributed by atoms with E-state index in [1.807, 2.05) is 0 Å². The minimum atomic E-state index is -0.260. The standard InChI is InChI=1S/C18H27NO/c1-3-13-4-6-14(7-5-13)18(20)16-8-9-17-15(12-16)10-11-19(17)2/h8-9,12-14,18,20H,3-7,10-11H2,1-2H3. The lowest BCUT2D eigenvalue weighted by atomic mass is 9.77. The first-order valence-corrected chi connectivity index (χ1v) is 8.21. The summed E-state index contributed by atoms with van der Waals surface area (Å²) in [6.07, 6.45) is 7.14. The van der Waals surface area contributed by atoms with Gasteiger partial charge in [0, 0.05) is 19.3 Å². The zero-order valence-electron chi connectivity index (χ0n) is 12.8. The lowest BCUT2D eigenvalue weighted by Crippen LogP contribution is -2.20. The lowest BCUT2D eigenvalue weighted by Gasteiger charge is -2.31. The summed E-state index contributed by atoms with van der Waals surface area (Å²) in [5.41, 5.74) is 3.89. The molecule has 0 aromatic heterocycles. The van der Waals surface area contributed by atoms with E-state index in [-0.39, 0.29) is 6.10 Å². The fourth-order valence-electron chi connectivity index (χ4n) is 3.96. The van der Waals surface area contributed by atoms with Crippen molar-refractivity contribution in [3.05, 3.63) is 29.3 Å². The molecule has 0 radical (unpaired) electrons. The molecule has 3 rings (SSSR count). The van der Waals surface area contributed by atoms with Crippen LogP contribution in [0.3, 0.4) is 0 Å². The van der Waals surface area contributed by atoms with Crippen LogP contribution >= 0.6 is 0 Å². The maximum Gasteiger partial charge on any atom is 0.0818 e. The molecule has 2 nitrogen and oxygen atoms in total. The number of aliphatic hydroxyl groups excluding tert-OH is 1. The quantitative estimate of drug-likeness (QED) is 0.902. The van der Waals surface area contributed by atoms with Crippen molar-refractivity contribution in [2.45, 2.75) is 51.6 Å². The Labute approximate surface area is 122 Å². The highest BCUT2D eigenvalue weighted by atomic mass is 16.3. The molecule has 20 heavy (non-hydrogen) atoms. The van der Waals surface area contributed by atoms with Gasteiger partial charge in [0.1, 0.15) is 0 Å². The molecule has 2 aliphatic rings. The maximum atomic E-state index is 10.7. The predicted molar refractivity (Wildman–Crippen MR) is 84.1 cm³/mol. The van der Waals surface area contributed by atoms with Gasteiger partial charge in [0.25, 0.3) is 0 Å². The highest BCUT2D eigenvalue weighted by Crippen LogP contribution is 2.39. The number of benzene rings is 1. The Morgan fingerprint density at radius 1 is 1.25 bits per heavy atom. The highest BCUT2D eigenvalue weighted by molar-refractivity contribution is 5.58. The molecule has 1 aromatic carbocycles. The van der Waals surface area contributed by atoms with E-state index in [1.165, 1.54) is 43.4 Å². The molecule has 1 aliphatic carbocycles. The highest BCUT2D eigenvalue weighted by Gasteiger charge is 2.27. The van der Waals surface area contributed by atoms with Crippen LogP contribution in [-0.2, 0) is 6.42 Å². The minimum absolute atomic E-state index is 0.260. The van der Waals surface area contributed by atoms with Crippen LogP contribution in [0.1, 0.15) is 56.3 Å². The molecule has 1 N–H and O–H groups in total. The van der Waals surface area contributed by atoms with Gasteiger partial charge in [0.15, 0.2) is 0 Å². The Kier molecular flexibility index (Phi) is 4.02. The molecule has 1 aliphatic heterocycles. The molecule has 1 atom stereocenters. The third-order valence-corrected chi connectivity index (χ3v) is 5.49. The summed E-state index contributed by atoms with van der Waals surface area (Å²) >= 11 is 0. The molecule has 1 fully saturated rings. The first-order chi connectivity index (χ1) is 9.69. The molecular weight excluding hydrogens is 246 g/mol. The zero-order valence-corrected chi connectivity index (χ0v) is 12.8. The number of likely N-dealkylation sites (N-methyl/N-ethyl adjacent to an activating group) is 1. The molecule has 1 saturated carbocycles. The van der Waals surface area contributed by atoms with Crippen molar-refractivity contribution >= 4 is 5.69 Å². The van der Waals surface area contributed by atoms with Gasteiger partial charge in [0.05, 0.1) is 6.10 Å². The van der Waals surface area contributed by atoms with Crippen LogP contribution < -0.4 is 4.90 Å². The molecule has 1 heterocycles. The molecule has 0 spiro atoms. The Morgan fingerprint density at radius 3 is 2.70 bits per heavy atom. The predicted octanol–water partition coefficient (Wildman–Crippen LogP) is 3.93. The molecule has 1 unspecified atom stereocenters. The number of aliphatic hydroxyl groups is 1.